The van der Waals surface area contributed by atoms with Gasteiger partial charge < -0.3 is 14.5 Å². The Morgan fingerprint density at radius 2 is 1.96 bits per heavy atom. The summed E-state index contributed by atoms with van der Waals surface area (Å²) in [6, 6.07) is 9.58. The van der Waals surface area contributed by atoms with Gasteiger partial charge in [0.2, 0.25) is 12.3 Å². The molecule has 0 aliphatic heterocycles. The zero-order valence-corrected chi connectivity index (χ0v) is 13.1. The molecule has 0 unspecified atom stereocenters. The summed E-state index contributed by atoms with van der Waals surface area (Å²) in [5.74, 6) is -1.34. The maximum Gasteiger partial charge on any atom is 0.265 e. The molecule has 6 nitrogen and oxygen atoms in total. The van der Waals surface area contributed by atoms with Crippen molar-refractivity contribution < 1.29 is 22.7 Å². The van der Waals surface area contributed by atoms with Gasteiger partial charge >= 0.3 is 0 Å². The van der Waals surface area contributed by atoms with Gasteiger partial charge in [-0.1, -0.05) is 0 Å². The zero-order chi connectivity index (χ0) is 17.8. The molecule has 0 fully saturated rings. The minimum atomic E-state index is -0.890. The fraction of sp³-hybridized carbons (Fsp3) is 0.118. The van der Waals surface area contributed by atoms with Crippen molar-refractivity contribution in [2.24, 2.45) is 0 Å². The van der Waals surface area contributed by atoms with Crippen molar-refractivity contribution in [3.05, 3.63) is 60.5 Å². The SMILES string of the molecule is C[C@@H](Oc1ccc(-c2nnco2)cc1)C(=O)Nc1ccc(F)cc1F. The van der Waals surface area contributed by atoms with E-state index in [0.29, 0.717) is 23.3 Å². The second kappa shape index (κ2) is 7.08. The standard InChI is InChI=1S/C17H13F2N3O3/c1-10(16(23)21-15-7-4-12(18)8-14(15)19)25-13-5-2-11(3-6-13)17-22-20-9-24-17/h2-10H,1H3,(H,21,23)/t10-/m1/s1. The van der Waals surface area contributed by atoms with Crippen LogP contribution in [0.1, 0.15) is 6.92 Å². The van der Waals surface area contributed by atoms with Crippen molar-refractivity contribution >= 4 is 11.6 Å². The molecular weight excluding hydrogens is 332 g/mol. The summed E-state index contributed by atoms with van der Waals surface area (Å²) in [6.07, 6.45) is 0.333. The van der Waals surface area contributed by atoms with Gasteiger partial charge in [0.25, 0.3) is 5.91 Å². The first-order chi connectivity index (χ1) is 12.0. The predicted octanol–water partition coefficient (Wildman–Crippen LogP) is 3.42. The van der Waals surface area contributed by atoms with Gasteiger partial charge in [-0.15, -0.1) is 10.2 Å². The van der Waals surface area contributed by atoms with E-state index in [1.165, 1.54) is 13.3 Å². The van der Waals surface area contributed by atoms with Gasteiger partial charge in [0.15, 0.2) is 6.10 Å². The number of carbonyl (C=O) groups excluding carboxylic acids is 1. The highest BCUT2D eigenvalue weighted by atomic mass is 19.1. The van der Waals surface area contributed by atoms with Gasteiger partial charge in [-0.3, -0.25) is 4.79 Å². The molecule has 0 radical (unpaired) electrons. The Bertz CT molecular complexity index is 867. The summed E-state index contributed by atoms with van der Waals surface area (Å²) >= 11 is 0. The molecule has 0 saturated carbocycles. The van der Waals surface area contributed by atoms with E-state index in [2.05, 4.69) is 15.5 Å². The number of anilines is 1. The number of halogens is 2. The first kappa shape index (κ1) is 16.6. The molecule has 2 aromatic carbocycles. The zero-order valence-electron chi connectivity index (χ0n) is 13.1. The summed E-state index contributed by atoms with van der Waals surface area (Å²) in [5.41, 5.74) is 0.587. The largest absolute Gasteiger partial charge is 0.481 e. The summed E-state index contributed by atoms with van der Waals surface area (Å²) < 4.78 is 37.0. The molecule has 0 bridgehead atoms. The maximum atomic E-state index is 13.6. The average molecular weight is 345 g/mol. The molecular formula is C17H13F2N3O3. The van der Waals surface area contributed by atoms with Crippen LogP contribution in [0.2, 0.25) is 0 Å². The summed E-state index contributed by atoms with van der Waals surface area (Å²) in [4.78, 5) is 12.1. The smallest absolute Gasteiger partial charge is 0.265 e. The lowest BCUT2D eigenvalue weighted by molar-refractivity contribution is -0.122. The molecule has 0 aliphatic carbocycles. The van der Waals surface area contributed by atoms with Crippen molar-refractivity contribution in [1.82, 2.24) is 10.2 Å². The lowest BCUT2D eigenvalue weighted by atomic mass is 10.2. The average Bonchev–Trinajstić information content (AvgIpc) is 3.12. The van der Waals surface area contributed by atoms with Crippen LogP contribution in [0.3, 0.4) is 0 Å². The Balaban J connectivity index is 1.63. The summed E-state index contributed by atoms with van der Waals surface area (Å²) in [6.45, 7) is 1.52. The van der Waals surface area contributed by atoms with Crippen molar-refractivity contribution in [3.8, 4) is 17.2 Å². The van der Waals surface area contributed by atoms with E-state index in [1.807, 2.05) is 0 Å². The van der Waals surface area contributed by atoms with E-state index in [9.17, 15) is 13.6 Å². The molecule has 0 aliphatic rings. The number of hydrogen-bond donors (Lipinski definition) is 1. The number of amides is 1. The number of rotatable bonds is 5. The van der Waals surface area contributed by atoms with Crippen molar-refractivity contribution in [3.63, 3.8) is 0 Å². The Kier molecular flexibility index (Phi) is 4.69. The monoisotopic (exact) mass is 345 g/mol. The van der Waals surface area contributed by atoms with Crippen LogP contribution in [0.5, 0.6) is 5.75 Å². The van der Waals surface area contributed by atoms with Crippen LogP contribution >= 0.6 is 0 Å². The van der Waals surface area contributed by atoms with Gasteiger partial charge in [0.1, 0.15) is 17.4 Å². The highest BCUT2D eigenvalue weighted by Gasteiger charge is 2.17. The van der Waals surface area contributed by atoms with E-state index in [0.717, 1.165) is 12.1 Å². The van der Waals surface area contributed by atoms with Crippen LogP contribution < -0.4 is 10.1 Å². The van der Waals surface area contributed by atoms with Crippen LogP contribution in [-0.4, -0.2) is 22.2 Å². The molecule has 1 amide bonds. The van der Waals surface area contributed by atoms with Gasteiger partial charge in [0, 0.05) is 11.6 Å². The van der Waals surface area contributed by atoms with Crippen LogP contribution in [0.25, 0.3) is 11.5 Å². The molecule has 3 aromatic rings. The van der Waals surface area contributed by atoms with Crippen molar-refractivity contribution in [2.75, 3.05) is 5.32 Å². The number of aromatic nitrogens is 2. The molecule has 128 valence electrons. The van der Waals surface area contributed by atoms with Crippen LogP contribution in [-0.2, 0) is 4.79 Å². The molecule has 25 heavy (non-hydrogen) atoms. The second-order valence-corrected chi connectivity index (χ2v) is 5.14. The number of carbonyl (C=O) groups is 1. The third-order valence-electron chi connectivity index (χ3n) is 3.33. The lowest BCUT2D eigenvalue weighted by Crippen LogP contribution is -2.30. The Morgan fingerprint density at radius 1 is 1.20 bits per heavy atom. The van der Waals surface area contributed by atoms with E-state index >= 15 is 0 Å². The number of nitrogens with zero attached hydrogens (tertiary/aromatic N) is 2. The highest BCUT2D eigenvalue weighted by Crippen LogP contribution is 2.21. The Hall–Kier alpha value is -3.29. The second-order valence-electron chi connectivity index (χ2n) is 5.14. The predicted molar refractivity (Wildman–Crippen MR) is 84.8 cm³/mol. The number of nitrogens with one attached hydrogen (secondary N) is 1. The highest BCUT2D eigenvalue weighted by molar-refractivity contribution is 5.94. The molecule has 1 aromatic heterocycles. The fourth-order valence-electron chi connectivity index (χ4n) is 2.06. The van der Waals surface area contributed by atoms with E-state index < -0.39 is 23.6 Å². The van der Waals surface area contributed by atoms with E-state index in [-0.39, 0.29) is 5.69 Å². The topological polar surface area (TPSA) is 77.2 Å². The first-order valence-corrected chi connectivity index (χ1v) is 7.32. The lowest BCUT2D eigenvalue weighted by Gasteiger charge is -2.15. The molecule has 1 N–H and O–H groups in total. The molecule has 8 heteroatoms. The van der Waals surface area contributed by atoms with Gasteiger partial charge in [-0.2, -0.15) is 0 Å². The van der Waals surface area contributed by atoms with E-state index in [4.69, 9.17) is 9.15 Å². The quantitative estimate of drug-likeness (QED) is 0.767. The summed E-state index contributed by atoms with van der Waals surface area (Å²) in [5, 5.41) is 9.73. The molecule has 0 spiro atoms. The third-order valence-corrected chi connectivity index (χ3v) is 3.33. The summed E-state index contributed by atoms with van der Waals surface area (Å²) in [7, 11) is 0. The molecule has 3 rings (SSSR count). The van der Waals surface area contributed by atoms with Crippen molar-refractivity contribution in [1.29, 1.82) is 0 Å². The van der Waals surface area contributed by atoms with Gasteiger partial charge in [-0.25, -0.2) is 8.78 Å². The number of hydrogen-bond acceptors (Lipinski definition) is 5. The van der Waals surface area contributed by atoms with Gasteiger partial charge in [-0.05, 0) is 43.3 Å². The van der Waals surface area contributed by atoms with Crippen LogP contribution in [0.4, 0.5) is 14.5 Å². The maximum absolute atomic E-state index is 13.6. The van der Waals surface area contributed by atoms with Gasteiger partial charge in [0.05, 0.1) is 5.69 Å². The Morgan fingerprint density at radius 3 is 2.60 bits per heavy atom. The number of benzene rings is 2. The van der Waals surface area contributed by atoms with Crippen LogP contribution in [0.15, 0.2) is 53.3 Å². The minimum Gasteiger partial charge on any atom is -0.481 e. The number of ether oxygens (including phenoxy) is 1. The fourth-order valence-corrected chi connectivity index (χ4v) is 2.06. The minimum absolute atomic E-state index is 0.117. The Labute approximate surface area is 141 Å². The van der Waals surface area contributed by atoms with E-state index in [1.54, 1.807) is 24.3 Å². The molecule has 1 heterocycles. The first-order valence-electron chi connectivity index (χ1n) is 7.32. The van der Waals surface area contributed by atoms with Crippen LogP contribution in [0, 0.1) is 11.6 Å². The third kappa shape index (κ3) is 3.97. The normalized spacial score (nSPS) is 11.8. The molecule has 0 saturated heterocycles. The van der Waals surface area contributed by atoms with Crippen molar-refractivity contribution in [2.45, 2.75) is 13.0 Å². The molecule has 1 atom stereocenters.